The number of urea groups is 1. The summed E-state index contributed by atoms with van der Waals surface area (Å²) in [7, 11) is 1.66. The van der Waals surface area contributed by atoms with Gasteiger partial charge >= 0.3 is 6.03 Å². The van der Waals surface area contributed by atoms with Crippen molar-refractivity contribution < 1.29 is 9.53 Å². The molecule has 0 spiro atoms. The zero-order chi connectivity index (χ0) is 19.4. The van der Waals surface area contributed by atoms with Gasteiger partial charge in [-0.25, -0.2) is 4.79 Å². The van der Waals surface area contributed by atoms with Crippen molar-refractivity contribution in [3.63, 3.8) is 0 Å². The van der Waals surface area contributed by atoms with Crippen molar-refractivity contribution >= 4 is 23.3 Å². The van der Waals surface area contributed by atoms with E-state index < -0.39 is 0 Å². The highest BCUT2D eigenvalue weighted by molar-refractivity contribution is 6.30. The molecule has 0 atom stereocenters. The Morgan fingerprint density at radius 1 is 1.11 bits per heavy atom. The van der Waals surface area contributed by atoms with Crippen molar-refractivity contribution in [3.05, 3.63) is 76.6 Å². The van der Waals surface area contributed by atoms with Gasteiger partial charge in [0.05, 0.1) is 12.8 Å². The maximum atomic E-state index is 12.2. The number of para-hydroxylation sites is 2. The monoisotopic (exact) mass is 383 g/mol. The smallest absolute Gasteiger partial charge is 0.319 e. The van der Waals surface area contributed by atoms with E-state index in [9.17, 15) is 4.79 Å². The number of nitrogens with one attached hydrogen (secondary N) is 2. The van der Waals surface area contributed by atoms with Gasteiger partial charge in [0.2, 0.25) is 0 Å². The Morgan fingerprint density at radius 3 is 2.52 bits per heavy atom. The summed E-state index contributed by atoms with van der Waals surface area (Å²) in [6, 6.07) is 16.7. The van der Waals surface area contributed by atoms with Crippen LogP contribution in [0.4, 0.5) is 10.5 Å². The van der Waals surface area contributed by atoms with E-state index in [1.165, 1.54) is 0 Å². The highest BCUT2D eigenvalue weighted by Gasteiger charge is 2.14. The molecule has 0 fully saturated rings. The lowest BCUT2D eigenvalue weighted by Gasteiger charge is -2.14. The van der Waals surface area contributed by atoms with E-state index in [0.29, 0.717) is 17.3 Å². The molecule has 1 aromatic heterocycles. The van der Waals surface area contributed by atoms with Gasteiger partial charge in [-0.1, -0.05) is 23.7 Å². The summed E-state index contributed by atoms with van der Waals surface area (Å²) in [4.78, 5) is 12.2. The van der Waals surface area contributed by atoms with Crippen LogP contribution in [0.15, 0.2) is 54.6 Å². The molecule has 0 aliphatic carbocycles. The Kier molecular flexibility index (Phi) is 5.72. The molecule has 6 heteroatoms. The SMILES string of the molecule is COc1ccccc1-n1c(C)cc(CNC(=O)Nc2ccc(Cl)cc2)c1C. The lowest BCUT2D eigenvalue weighted by Crippen LogP contribution is -2.28. The van der Waals surface area contributed by atoms with Crippen molar-refractivity contribution in [2.75, 3.05) is 12.4 Å². The van der Waals surface area contributed by atoms with Crippen LogP contribution in [-0.2, 0) is 6.54 Å². The van der Waals surface area contributed by atoms with Gasteiger partial charge in [-0.2, -0.15) is 0 Å². The van der Waals surface area contributed by atoms with E-state index in [1.54, 1.807) is 31.4 Å². The summed E-state index contributed by atoms with van der Waals surface area (Å²) < 4.78 is 7.61. The molecule has 5 nitrogen and oxygen atoms in total. The Bertz CT molecular complexity index is 949. The third-order valence-electron chi connectivity index (χ3n) is 4.40. The normalized spacial score (nSPS) is 10.5. The van der Waals surface area contributed by atoms with Crippen molar-refractivity contribution in [3.8, 4) is 11.4 Å². The average Bonchev–Trinajstić information content (AvgIpc) is 2.95. The standard InChI is InChI=1S/C21H22ClN3O2/c1-14-12-16(13-23-21(26)24-18-10-8-17(22)9-11-18)15(2)25(14)19-6-4-5-7-20(19)27-3/h4-12H,13H2,1-3H3,(H2,23,24,26). The maximum Gasteiger partial charge on any atom is 0.319 e. The Balaban J connectivity index is 1.73. The van der Waals surface area contributed by atoms with Crippen LogP contribution in [0.1, 0.15) is 17.0 Å². The number of amides is 2. The summed E-state index contributed by atoms with van der Waals surface area (Å²) in [5.41, 5.74) is 4.85. The third-order valence-corrected chi connectivity index (χ3v) is 4.66. The number of nitrogens with zero attached hydrogens (tertiary/aromatic N) is 1. The fourth-order valence-electron chi connectivity index (χ4n) is 3.08. The molecular formula is C21H22ClN3O2. The van der Waals surface area contributed by atoms with Crippen molar-refractivity contribution in [2.45, 2.75) is 20.4 Å². The number of carbonyl (C=O) groups is 1. The lowest BCUT2D eigenvalue weighted by atomic mass is 10.2. The van der Waals surface area contributed by atoms with Gasteiger partial charge in [-0.05, 0) is 61.9 Å². The second kappa shape index (κ2) is 8.18. The molecule has 2 aromatic carbocycles. The van der Waals surface area contributed by atoms with Crippen LogP contribution in [0.25, 0.3) is 5.69 Å². The molecule has 0 saturated heterocycles. The van der Waals surface area contributed by atoms with E-state index in [0.717, 1.165) is 28.4 Å². The fraction of sp³-hybridized carbons (Fsp3) is 0.190. The number of benzene rings is 2. The Hall–Kier alpha value is -2.92. The van der Waals surface area contributed by atoms with Crippen LogP contribution < -0.4 is 15.4 Å². The van der Waals surface area contributed by atoms with E-state index in [-0.39, 0.29) is 6.03 Å². The van der Waals surface area contributed by atoms with Gasteiger partial charge in [0.15, 0.2) is 0 Å². The molecule has 0 aliphatic rings. The molecule has 3 aromatic rings. The number of halogens is 1. The molecule has 1 heterocycles. The van der Waals surface area contributed by atoms with Gasteiger partial charge in [0.1, 0.15) is 5.75 Å². The number of methoxy groups -OCH3 is 1. The molecule has 2 N–H and O–H groups in total. The number of ether oxygens (including phenoxy) is 1. The summed E-state index contributed by atoms with van der Waals surface area (Å²) in [6.07, 6.45) is 0. The molecule has 0 radical (unpaired) electrons. The summed E-state index contributed by atoms with van der Waals surface area (Å²) in [6.45, 7) is 4.50. The predicted molar refractivity (Wildman–Crippen MR) is 109 cm³/mol. The van der Waals surface area contributed by atoms with E-state index in [1.807, 2.05) is 38.1 Å². The molecule has 2 amide bonds. The predicted octanol–water partition coefficient (Wildman–Crippen LogP) is 5.08. The van der Waals surface area contributed by atoms with Gasteiger partial charge in [-0.15, -0.1) is 0 Å². The molecule has 0 saturated carbocycles. The molecule has 0 unspecified atom stereocenters. The summed E-state index contributed by atoms with van der Waals surface area (Å²) in [5.74, 6) is 0.805. The third kappa shape index (κ3) is 4.26. The van der Waals surface area contributed by atoms with Crippen molar-refractivity contribution in [1.82, 2.24) is 9.88 Å². The first-order valence-corrected chi connectivity index (χ1v) is 8.99. The van der Waals surface area contributed by atoms with Crippen molar-refractivity contribution in [1.29, 1.82) is 0 Å². The minimum absolute atomic E-state index is 0.264. The highest BCUT2D eigenvalue weighted by atomic mass is 35.5. The maximum absolute atomic E-state index is 12.2. The number of hydrogen-bond donors (Lipinski definition) is 2. The first-order chi connectivity index (χ1) is 13.0. The molecule has 3 rings (SSSR count). The van der Waals surface area contributed by atoms with Crippen LogP contribution in [0.5, 0.6) is 5.75 Å². The van der Waals surface area contributed by atoms with Gasteiger partial charge in [-0.3, -0.25) is 0 Å². The quantitative estimate of drug-likeness (QED) is 0.645. The molecule has 27 heavy (non-hydrogen) atoms. The largest absolute Gasteiger partial charge is 0.495 e. The van der Waals surface area contributed by atoms with Gasteiger partial charge < -0.3 is 19.9 Å². The number of anilines is 1. The molecule has 0 bridgehead atoms. The first kappa shape index (κ1) is 18.9. The van der Waals surface area contributed by atoms with Crippen LogP contribution >= 0.6 is 11.6 Å². The lowest BCUT2D eigenvalue weighted by molar-refractivity contribution is 0.251. The number of aryl methyl sites for hydroxylation is 1. The van der Waals surface area contributed by atoms with Crippen LogP contribution in [0.2, 0.25) is 5.02 Å². The minimum atomic E-state index is -0.264. The molecule has 140 valence electrons. The zero-order valence-electron chi connectivity index (χ0n) is 15.5. The average molecular weight is 384 g/mol. The number of rotatable bonds is 5. The second-order valence-electron chi connectivity index (χ2n) is 6.22. The number of aromatic nitrogens is 1. The zero-order valence-corrected chi connectivity index (χ0v) is 16.3. The van der Waals surface area contributed by atoms with E-state index in [4.69, 9.17) is 16.3 Å². The second-order valence-corrected chi connectivity index (χ2v) is 6.65. The first-order valence-electron chi connectivity index (χ1n) is 8.61. The van der Waals surface area contributed by atoms with Gasteiger partial charge in [0.25, 0.3) is 0 Å². The van der Waals surface area contributed by atoms with Crippen LogP contribution in [0.3, 0.4) is 0 Å². The molecular weight excluding hydrogens is 362 g/mol. The number of carbonyl (C=O) groups excluding carboxylic acids is 1. The van der Waals surface area contributed by atoms with Crippen molar-refractivity contribution in [2.24, 2.45) is 0 Å². The Labute approximate surface area is 163 Å². The van der Waals surface area contributed by atoms with Gasteiger partial charge in [0, 0.05) is 28.6 Å². The Morgan fingerprint density at radius 2 is 1.81 bits per heavy atom. The summed E-state index contributed by atoms with van der Waals surface area (Å²) in [5, 5.41) is 6.32. The minimum Gasteiger partial charge on any atom is -0.495 e. The topological polar surface area (TPSA) is 55.3 Å². The highest BCUT2D eigenvalue weighted by Crippen LogP contribution is 2.27. The molecule has 0 aliphatic heterocycles. The van der Waals surface area contributed by atoms with E-state index in [2.05, 4.69) is 21.3 Å². The fourth-order valence-corrected chi connectivity index (χ4v) is 3.20. The van der Waals surface area contributed by atoms with Crippen LogP contribution in [0, 0.1) is 13.8 Å². The van der Waals surface area contributed by atoms with E-state index >= 15 is 0 Å². The van der Waals surface area contributed by atoms with Crippen LogP contribution in [-0.4, -0.2) is 17.7 Å². The summed E-state index contributed by atoms with van der Waals surface area (Å²) >= 11 is 5.86. The number of hydrogen-bond acceptors (Lipinski definition) is 2.